The van der Waals surface area contributed by atoms with E-state index in [0.29, 0.717) is 17.5 Å². The van der Waals surface area contributed by atoms with E-state index in [4.69, 9.17) is 19.9 Å². The second-order valence-corrected chi connectivity index (χ2v) is 12.5. The maximum Gasteiger partial charge on any atom is 0.164 e. The van der Waals surface area contributed by atoms with E-state index in [-0.39, 0.29) is 0 Å². The molecule has 0 saturated carbocycles. The zero-order valence-corrected chi connectivity index (χ0v) is 26.8. The highest BCUT2D eigenvalue weighted by molar-refractivity contribution is 6.11. The Morgan fingerprint density at radius 2 is 0.940 bits per heavy atom. The summed E-state index contributed by atoms with van der Waals surface area (Å²) < 4.78 is 2.23. The van der Waals surface area contributed by atoms with Crippen LogP contribution in [-0.4, -0.2) is 29.5 Å². The number of rotatable bonds is 5. The molecule has 0 atom stereocenters. The van der Waals surface area contributed by atoms with Crippen LogP contribution in [0.15, 0.2) is 164 Å². The zero-order valence-electron chi connectivity index (χ0n) is 26.8. The summed E-state index contributed by atoms with van der Waals surface area (Å²) in [6.07, 6.45) is 1.84. The molecule has 0 unspecified atom stereocenters. The van der Waals surface area contributed by atoms with Gasteiger partial charge in [-0.3, -0.25) is 4.57 Å². The Balaban J connectivity index is 1.12. The van der Waals surface area contributed by atoms with Crippen molar-refractivity contribution in [2.45, 2.75) is 0 Å². The minimum absolute atomic E-state index is 0.595. The highest BCUT2D eigenvalue weighted by Gasteiger charge is 2.17. The van der Waals surface area contributed by atoms with Crippen LogP contribution in [0, 0.1) is 0 Å². The molecule has 0 aliphatic rings. The van der Waals surface area contributed by atoms with E-state index in [0.717, 1.165) is 44.6 Å². The number of H-pyrrole nitrogens is 1. The predicted molar refractivity (Wildman–Crippen MR) is 203 cm³/mol. The third kappa shape index (κ3) is 4.65. The van der Waals surface area contributed by atoms with E-state index in [1.807, 2.05) is 72.9 Å². The third-order valence-corrected chi connectivity index (χ3v) is 9.44. The van der Waals surface area contributed by atoms with E-state index in [2.05, 4.69) is 101 Å². The maximum absolute atomic E-state index is 4.97. The fourth-order valence-corrected chi connectivity index (χ4v) is 7.04. The van der Waals surface area contributed by atoms with Crippen molar-refractivity contribution in [1.82, 2.24) is 29.5 Å². The van der Waals surface area contributed by atoms with Crippen LogP contribution >= 0.6 is 0 Å². The molecule has 234 valence electrons. The zero-order chi connectivity index (χ0) is 33.0. The third-order valence-electron chi connectivity index (χ3n) is 9.44. The molecule has 50 heavy (non-hydrogen) atoms. The summed E-state index contributed by atoms with van der Waals surface area (Å²) in [6, 6.07) is 54.5. The molecule has 6 heteroatoms. The van der Waals surface area contributed by atoms with E-state index in [1.54, 1.807) is 0 Å². The van der Waals surface area contributed by atoms with Gasteiger partial charge in [-0.25, -0.2) is 19.9 Å². The monoisotopic (exact) mass is 640 g/mol. The molecule has 0 spiro atoms. The molecule has 0 fully saturated rings. The molecule has 0 aliphatic heterocycles. The molecule has 6 aromatic carbocycles. The quantitative estimate of drug-likeness (QED) is 0.203. The summed E-state index contributed by atoms with van der Waals surface area (Å²) in [5.41, 5.74) is 9.54. The van der Waals surface area contributed by atoms with Gasteiger partial charge in [-0.2, -0.15) is 0 Å². The van der Waals surface area contributed by atoms with Gasteiger partial charge in [0.25, 0.3) is 0 Å². The van der Waals surface area contributed by atoms with Crippen LogP contribution in [0.4, 0.5) is 0 Å². The van der Waals surface area contributed by atoms with Crippen LogP contribution in [0.3, 0.4) is 0 Å². The smallest absolute Gasteiger partial charge is 0.164 e. The van der Waals surface area contributed by atoms with Crippen LogP contribution in [-0.2, 0) is 0 Å². The number of hydrogen-bond acceptors (Lipinski definition) is 4. The number of aromatic nitrogens is 6. The largest absolute Gasteiger partial charge is 0.355 e. The normalized spacial score (nSPS) is 11.6. The van der Waals surface area contributed by atoms with Crippen molar-refractivity contribution in [3.8, 4) is 51.1 Å². The Labute approximate surface area is 287 Å². The lowest BCUT2D eigenvalue weighted by atomic mass is 10.0. The first kappa shape index (κ1) is 28.1. The highest BCUT2D eigenvalue weighted by atomic mass is 15.1. The number of nitrogens with one attached hydrogen (secondary N) is 1. The Morgan fingerprint density at radius 1 is 0.380 bits per heavy atom. The van der Waals surface area contributed by atoms with E-state index < -0.39 is 0 Å². The van der Waals surface area contributed by atoms with Gasteiger partial charge in [-0.15, -0.1) is 0 Å². The minimum atomic E-state index is 0.595. The average molecular weight is 641 g/mol. The molecule has 0 radical (unpaired) electrons. The van der Waals surface area contributed by atoms with Crippen LogP contribution < -0.4 is 0 Å². The van der Waals surface area contributed by atoms with Gasteiger partial charge in [0.1, 0.15) is 5.82 Å². The minimum Gasteiger partial charge on any atom is -0.355 e. The molecular formula is C44H28N6. The van der Waals surface area contributed by atoms with Gasteiger partial charge in [0.15, 0.2) is 17.5 Å². The van der Waals surface area contributed by atoms with Crippen molar-refractivity contribution in [2.75, 3.05) is 0 Å². The van der Waals surface area contributed by atoms with Gasteiger partial charge in [-0.1, -0.05) is 109 Å². The molecule has 6 nitrogen and oxygen atoms in total. The summed E-state index contributed by atoms with van der Waals surface area (Å²) in [6.45, 7) is 0. The van der Waals surface area contributed by atoms with Crippen LogP contribution in [0.2, 0.25) is 0 Å². The topological polar surface area (TPSA) is 72.3 Å². The first-order chi connectivity index (χ1) is 24.8. The molecule has 0 amide bonds. The number of hydrogen-bond donors (Lipinski definition) is 1. The van der Waals surface area contributed by atoms with Gasteiger partial charge in [0.05, 0.1) is 11.0 Å². The highest BCUT2D eigenvalue weighted by Crippen LogP contribution is 2.37. The molecule has 0 aliphatic carbocycles. The Morgan fingerprint density at radius 3 is 1.68 bits per heavy atom. The standard InChI is InChI=1S/C44H28N6/c1-3-11-28(12-4-1)42-47-43(29-13-5-2-6-14-29)49-44(48-42)32-23-24-45-41(27-32)50-39-18-10-8-16-34(39)36-26-31(20-22-40(36)50)30-19-21-38-35(25-30)33-15-7-9-17-37(33)46-38/h1-27,46H. The van der Waals surface area contributed by atoms with E-state index >= 15 is 0 Å². The summed E-state index contributed by atoms with van der Waals surface area (Å²) in [7, 11) is 0. The van der Waals surface area contributed by atoms with Crippen molar-refractivity contribution in [3.63, 3.8) is 0 Å². The van der Waals surface area contributed by atoms with Gasteiger partial charge < -0.3 is 4.98 Å². The summed E-state index contributed by atoms with van der Waals surface area (Å²) >= 11 is 0. The average Bonchev–Trinajstić information content (AvgIpc) is 3.73. The van der Waals surface area contributed by atoms with Crippen molar-refractivity contribution < 1.29 is 0 Å². The van der Waals surface area contributed by atoms with Crippen molar-refractivity contribution >= 4 is 43.6 Å². The Bertz CT molecular complexity index is 2810. The Kier molecular flexibility index (Phi) is 6.39. The van der Waals surface area contributed by atoms with Crippen molar-refractivity contribution in [2.24, 2.45) is 0 Å². The number of para-hydroxylation sites is 2. The van der Waals surface area contributed by atoms with Gasteiger partial charge in [0.2, 0.25) is 0 Å². The number of fused-ring (bicyclic) bond motifs is 6. The van der Waals surface area contributed by atoms with Crippen LogP contribution in [0.1, 0.15) is 0 Å². The lowest BCUT2D eigenvalue weighted by Gasteiger charge is -2.11. The molecule has 0 saturated heterocycles. The first-order valence-electron chi connectivity index (χ1n) is 16.6. The van der Waals surface area contributed by atoms with Gasteiger partial charge in [0, 0.05) is 55.5 Å². The maximum atomic E-state index is 4.97. The number of nitrogens with zero attached hydrogens (tertiary/aromatic N) is 5. The molecule has 0 bridgehead atoms. The second kappa shape index (κ2) is 11.4. The SMILES string of the molecule is c1ccc(-c2nc(-c3ccccc3)nc(-c3ccnc(-n4c5ccccc5c5cc(-c6ccc7[nH]c8ccccc8c7c6)ccc54)c3)n2)cc1. The van der Waals surface area contributed by atoms with Crippen molar-refractivity contribution in [1.29, 1.82) is 0 Å². The summed E-state index contributed by atoms with van der Waals surface area (Å²) in [5.74, 6) is 2.65. The van der Waals surface area contributed by atoms with Crippen LogP contribution in [0.5, 0.6) is 0 Å². The molecule has 10 aromatic rings. The molecule has 10 rings (SSSR count). The van der Waals surface area contributed by atoms with E-state index in [9.17, 15) is 0 Å². The summed E-state index contributed by atoms with van der Waals surface area (Å²) in [5, 5.41) is 4.80. The fourth-order valence-electron chi connectivity index (χ4n) is 7.04. The lowest BCUT2D eigenvalue weighted by Crippen LogP contribution is -2.02. The molecular weight excluding hydrogens is 613 g/mol. The van der Waals surface area contributed by atoms with Crippen LogP contribution in [0.25, 0.3) is 94.7 Å². The van der Waals surface area contributed by atoms with Gasteiger partial charge in [-0.05, 0) is 59.7 Å². The Hall–Kier alpha value is -6.92. The number of aromatic amines is 1. The molecule has 1 N–H and O–H groups in total. The predicted octanol–water partition coefficient (Wildman–Crippen LogP) is 10.7. The second-order valence-electron chi connectivity index (χ2n) is 12.5. The van der Waals surface area contributed by atoms with E-state index in [1.165, 1.54) is 32.7 Å². The summed E-state index contributed by atoms with van der Waals surface area (Å²) in [4.78, 5) is 23.2. The molecule has 4 aromatic heterocycles. The lowest BCUT2D eigenvalue weighted by molar-refractivity contribution is 1.05. The number of benzene rings is 6. The number of pyridine rings is 1. The first-order valence-corrected chi connectivity index (χ1v) is 16.6. The fraction of sp³-hybridized carbons (Fsp3) is 0. The van der Waals surface area contributed by atoms with Crippen molar-refractivity contribution in [3.05, 3.63) is 164 Å². The molecule has 4 heterocycles. The van der Waals surface area contributed by atoms with Gasteiger partial charge >= 0.3 is 0 Å².